The minimum absolute atomic E-state index is 0.0313. The van der Waals surface area contributed by atoms with Crippen LogP contribution in [0.3, 0.4) is 0 Å². The summed E-state index contributed by atoms with van der Waals surface area (Å²) in [6.45, 7) is 4.81. The second-order valence-electron chi connectivity index (χ2n) is 6.67. The van der Waals surface area contributed by atoms with Crippen molar-refractivity contribution in [1.29, 1.82) is 0 Å². The van der Waals surface area contributed by atoms with Gasteiger partial charge in [0.2, 0.25) is 17.6 Å². The number of rotatable bonds is 7. The zero-order valence-electron chi connectivity index (χ0n) is 15.3. The van der Waals surface area contributed by atoms with E-state index in [1.54, 1.807) is 13.1 Å². The molecule has 0 aliphatic carbocycles. The highest BCUT2D eigenvalue weighted by atomic mass is 32.2. The SMILES string of the molecule is Cc1nc(-c2cccnc2SCC(=O)NCCC2CCN(C)CC2)no1. The largest absolute Gasteiger partial charge is 0.355 e. The van der Waals surface area contributed by atoms with Gasteiger partial charge in [-0.3, -0.25) is 4.79 Å². The lowest BCUT2D eigenvalue weighted by molar-refractivity contribution is -0.118. The van der Waals surface area contributed by atoms with Crippen LogP contribution in [0.1, 0.15) is 25.2 Å². The first-order chi connectivity index (χ1) is 12.6. The van der Waals surface area contributed by atoms with E-state index in [0.29, 0.717) is 17.5 Å². The molecule has 0 atom stereocenters. The number of piperidine rings is 1. The van der Waals surface area contributed by atoms with Crippen molar-refractivity contribution < 1.29 is 9.32 Å². The molecule has 1 saturated heterocycles. The molecule has 0 radical (unpaired) electrons. The Labute approximate surface area is 157 Å². The van der Waals surface area contributed by atoms with Gasteiger partial charge in [0.25, 0.3) is 0 Å². The van der Waals surface area contributed by atoms with Gasteiger partial charge in [0.1, 0.15) is 5.03 Å². The van der Waals surface area contributed by atoms with Gasteiger partial charge in [-0.15, -0.1) is 0 Å². The van der Waals surface area contributed by atoms with Crippen molar-refractivity contribution in [3.05, 3.63) is 24.2 Å². The number of nitrogens with one attached hydrogen (secondary N) is 1. The Balaban J connectivity index is 1.45. The normalized spacial score (nSPS) is 15.9. The third-order valence-electron chi connectivity index (χ3n) is 4.59. The summed E-state index contributed by atoms with van der Waals surface area (Å²) in [5.74, 6) is 2.09. The van der Waals surface area contributed by atoms with Crippen molar-refractivity contribution in [2.45, 2.75) is 31.2 Å². The Bertz CT molecular complexity index is 728. The summed E-state index contributed by atoms with van der Waals surface area (Å²) in [6.07, 6.45) is 5.21. The summed E-state index contributed by atoms with van der Waals surface area (Å²) in [5, 5.41) is 7.70. The summed E-state index contributed by atoms with van der Waals surface area (Å²) in [4.78, 5) is 23.1. The molecular weight excluding hydrogens is 350 g/mol. The molecule has 0 bridgehead atoms. The summed E-state index contributed by atoms with van der Waals surface area (Å²) in [7, 11) is 2.16. The highest BCUT2D eigenvalue weighted by Gasteiger charge is 2.17. The molecule has 26 heavy (non-hydrogen) atoms. The lowest BCUT2D eigenvalue weighted by Gasteiger charge is -2.28. The molecule has 1 aliphatic heterocycles. The zero-order valence-corrected chi connectivity index (χ0v) is 16.1. The van der Waals surface area contributed by atoms with Crippen LogP contribution < -0.4 is 5.32 Å². The lowest BCUT2D eigenvalue weighted by atomic mass is 9.94. The van der Waals surface area contributed by atoms with Crippen molar-refractivity contribution in [3.63, 3.8) is 0 Å². The molecule has 1 N–H and O–H groups in total. The molecule has 3 rings (SSSR count). The second-order valence-corrected chi connectivity index (χ2v) is 7.63. The number of likely N-dealkylation sites (tertiary alicyclic amines) is 1. The van der Waals surface area contributed by atoms with Gasteiger partial charge >= 0.3 is 0 Å². The fraction of sp³-hybridized carbons (Fsp3) is 0.556. The third kappa shape index (κ3) is 5.28. The molecule has 0 spiro atoms. The number of amides is 1. The number of carbonyl (C=O) groups excluding carboxylic acids is 1. The van der Waals surface area contributed by atoms with Crippen LogP contribution in [-0.4, -0.2) is 58.4 Å². The fourth-order valence-corrected chi connectivity index (χ4v) is 3.86. The molecule has 140 valence electrons. The Hall–Kier alpha value is -1.93. The quantitative estimate of drug-likeness (QED) is 0.744. The molecule has 3 heterocycles. The summed E-state index contributed by atoms with van der Waals surface area (Å²) in [6, 6.07) is 3.71. The highest BCUT2D eigenvalue weighted by Crippen LogP contribution is 2.27. The number of pyridine rings is 1. The van der Waals surface area contributed by atoms with Crippen molar-refractivity contribution in [1.82, 2.24) is 25.3 Å². The molecule has 0 aromatic carbocycles. The van der Waals surface area contributed by atoms with Crippen LogP contribution in [-0.2, 0) is 4.79 Å². The van der Waals surface area contributed by atoms with E-state index in [1.807, 2.05) is 12.1 Å². The monoisotopic (exact) mass is 375 g/mol. The van der Waals surface area contributed by atoms with Crippen LogP contribution in [0.25, 0.3) is 11.4 Å². The van der Waals surface area contributed by atoms with Gasteiger partial charge < -0.3 is 14.7 Å². The Morgan fingerprint density at radius 3 is 2.96 bits per heavy atom. The smallest absolute Gasteiger partial charge is 0.230 e. The van der Waals surface area contributed by atoms with E-state index in [-0.39, 0.29) is 5.91 Å². The predicted octanol–water partition coefficient (Wildman–Crippen LogP) is 2.38. The Morgan fingerprint density at radius 1 is 1.42 bits per heavy atom. The van der Waals surface area contributed by atoms with Gasteiger partial charge in [0, 0.05) is 19.7 Å². The molecule has 0 saturated carbocycles. The van der Waals surface area contributed by atoms with Crippen LogP contribution in [0, 0.1) is 12.8 Å². The van der Waals surface area contributed by atoms with E-state index in [9.17, 15) is 4.79 Å². The first-order valence-corrected chi connectivity index (χ1v) is 9.94. The Kier molecular flexibility index (Phi) is 6.62. The van der Waals surface area contributed by atoms with Crippen molar-refractivity contribution >= 4 is 17.7 Å². The molecule has 1 aliphatic rings. The molecule has 8 heteroatoms. The average Bonchev–Trinajstić information content (AvgIpc) is 3.08. The number of aromatic nitrogens is 3. The van der Waals surface area contributed by atoms with Crippen LogP contribution in [0.5, 0.6) is 0 Å². The van der Waals surface area contributed by atoms with Crippen LogP contribution >= 0.6 is 11.8 Å². The predicted molar refractivity (Wildman–Crippen MR) is 101 cm³/mol. The van der Waals surface area contributed by atoms with E-state index >= 15 is 0 Å². The topological polar surface area (TPSA) is 84.2 Å². The average molecular weight is 375 g/mol. The minimum Gasteiger partial charge on any atom is -0.355 e. The van der Waals surface area contributed by atoms with E-state index in [0.717, 1.165) is 42.6 Å². The molecular formula is C18H25N5O2S. The first-order valence-electron chi connectivity index (χ1n) is 8.95. The van der Waals surface area contributed by atoms with E-state index in [4.69, 9.17) is 4.52 Å². The maximum atomic E-state index is 12.1. The van der Waals surface area contributed by atoms with Crippen molar-refractivity contribution in [2.24, 2.45) is 5.92 Å². The molecule has 2 aromatic rings. The number of hydrogen-bond acceptors (Lipinski definition) is 7. The Morgan fingerprint density at radius 2 is 2.23 bits per heavy atom. The van der Waals surface area contributed by atoms with Crippen LogP contribution in [0.2, 0.25) is 0 Å². The van der Waals surface area contributed by atoms with Gasteiger partial charge in [0.15, 0.2) is 0 Å². The van der Waals surface area contributed by atoms with Gasteiger partial charge in [0.05, 0.1) is 11.3 Å². The maximum Gasteiger partial charge on any atom is 0.230 e. The molecule has 0 unspecified atom stereocenters. The van der Waals surface area contributed by atoms with Crippen LogP contribution in [0.4, 0.5) is 0 Å². The second kappa shape index (κ2) is 9.14. The summed E-state index contributed by atoms with van der Waals surface area (Å²) >= 11 is 1.39. The van der Waals surface area contributed by atoms with E-state index in [1.165, 1.54) is 24.6 Å². The number of carbonyl (C=O) groups is 1. The van der Waals surface area contributed by atoms with Crippen molar-refractivity contribution in [3.8, 4) is 11.4 Å². The maximum absolute atomic E-state index is 12.1. The molecule has 2 aromatic heterocycles. The lowest BCUT2D eigenvalue weighted by Crippen LogP contribution is -2.33. The van der Waals surface area contributed by atoms with Gasteiger partial charge in [-0.25, -0.2) is 4.98 Å². The zero-order chi connectivity index (χ0) is 18.4. The summed E-state index contributed by atoms with van der Waals surface area (Å²) in [5.41, 5.74) is 0.786. The van der Waals surface area contributed by atoms with E-state index in [2.05, 4.69) is 32.4 Å². The number of nitrogens with zero attached hydrogens (tertiary/aromatic N) is 4. The third-order valence-corrected chi connectivity index (χ3v) is 5.60. The minimum atomic E-state index is 0.0313. The van der Waals surface area contributed by atoms with Crippen LogP contribution in [0.15, 0.2) is 27.9 Å². The fourth-order valence-electron chi connectivity index (χ4n) is 3.04. The first kappa shape index (κ1) is 18.8. The van der Waals surface area contributed by atoms with Gasteiger partial charge in [-0.2, -0.15) is 4.98 Å². The standard InChI is InChI=1S/C18H25N5O2S/c1-13-21-17(22-25-13)15-4-3-8-20-18(15)26-12-16(24)19-9-5-14-6-10-23(2)11-7-14/h3-4,8,14H,5-7,9-12H2,1-2H3,(H,19,24). The molecule has 7 nitrogen and oxygen atoms in total. The highest BCUT2D eigenvalue weighted by molar-refractivity contribution is 8.00. The van der Waals surface area contributed by atoms with E-state index < -0.39 is 0 Å². The van der Waals surface area contributed by atoms with Gasteiger partial charge in [-0.05, 0) is 57.5 Å². The summed E-state index contributed by atoms with van der Waals surface area (Å²) < 4.78 is 5.04. The molecule has 1 amide bonds. The number of thioether (sulfide) groups is 1. The van der Waals surface area contributed by atoms with Gasteiger partial charge in [-0.1, -0.05) is 16.9 Å². The van der Waals surface area contributed by atoms with Crippen molar-refractivity contribution in [2.75, 3.05) is 32.4 Å². The number of aryl methyl sites for hydroxylation is 1. The number of hydrogen-bond donors (Lipinski definition) is 1. The molecule has 1 fully saturated rings.